The van der Waals surface area contributed by atoms with Gasteiger partial charge in [-0.05, 0) is 12.5 Å². The Labute approximate surface area is 126 Å². The molecule has 1 rings (SSSR count). The van der Waals surface area contributed by atoms with E-state index in [1.807, 2.05) is 17.9 Å². The summed E-state index contributed by atoms with van der Waals surface area (Å²) >= 11 is 0. The predicted molar refractivity (Wildman–Crippen MR) is 81.1 cm³/mol. The van der Waals surface area contributed by atoms with E-state index < -0.39 is 0 Å². The third-order valence-corrected chi connectivity index (χ3v) is 3.59. The molecule has 5 heteroatoms. The Balaban J connectivity index is 3.07. The first-order chi connectivity index (χ1) is 10.2. The highest BCUT2D eigenvalue weighted by Gasteiger charge is 2.27. The predicted octanol–water partition coefficient (Wildman–Crippen LogP) is 2.47. The first-order valence-corrected chi connectivity index (χ1v) is 7.25. The number of nitriles is 1. The molecule has 0 bridgehead atoms. The summed E-state index contributed by atoms with van der Waals surface area (Å²) in [6, 6.07) is 8.38. The van der Waals surface area contributed by atoms with Gasteiger partial charge in [0.1, 0.15) is 5.82 Å². The zero-order valence-corrected chi connectivity index (χ0v) is 12.8. The van der Waals surface area contributed by atoms with Gasteiger partial charge in [-0.2, -0.15) is 5.26 Å². The second kappa shape index (κ2) is 9.46. The summed E-state index contributed by atoms with van der Waals surface area (Å²) < 4.78 is 19.3. The molecule has 0 heterocycles. The van der Waals surface area contributed by atoms with E-state index in [0.29, 0.717) is 31.7 Å². The number of hydrogen-bond donors (Lipinski definition) is 1. The van der Waals surface area contributed by atoms with Gasteiger partial charge in [0, 0.05) is 38.2 Å². The molecule has 1 aromatic rings. The second-order valence-corrected chi connectivity index (χ2v) is 4.98. The van der Waals surface area contributed by atoms with Gasteiger partial charge in [-0.15, -0.1) is 0 Å². The number of halogens is 1. The number of hydrogen-bond acceptors (Lipinski definition) is 4. The van der Waals surface area contributed by atoms with E-state index in [2.05, 4.69) is 6.07 Å². The molecule has 0 saturated heterocycles. The Hall–Kier alpha value is -1.48. The van der Waals surface area contributed by atoms with E-state index in [-0.39, 0.29) is 17.9 Å². The molecule has 0 saturated carbocycles. The van der Waals surface area contributed by atoms with Gasteiger partial charge < -0.3 is 10.5 Å². The Morgan fingerprint density at radius 1 is 1.38 bits per heavy atom. The lowest BCUT2D eigenvalue weighted by Gasteiger charge is -2.35. The van der Waals surface area contributed by atoms with Gasteiger partial charge in [-0.1, -0.05) is 25.1 Å². The molecule has 0 radical (unpaired) electrons. The first kappa shape index (κ1) is 17.6. The lowest BCUT2D eigenvalue weighted by molar-refractivity contribution is 0.107. The molecule has 0 fully saturated rings. The van der Waals surface area contributed by atoms with E-state index in [0.717, 1.165) is 6.42 Å². The molecule has 2 atom stereocenters. The maximum absolute atomic E-state index is 14.2. The van der Waals surface area contributed by atoms with Crippen LogP contribution in [-0.4, -0.2) is 37.7 Å². The molecule has 21 heavy (non-hydrogen) atoms. The fourth-order valence-electron chi connectivity index (χ4n) is 2.43. The number of ether oxygens (including phenoxy) is 1. The van der Waals surface area contributed by atoms with Gasteiger partial charge in [0.2, 0.25) is 0 Å². The summed E-state index contributed by atoms with van der Waals surface area (Å²) in [5.74, 6) is -0.259. The van der Waals surface area contributed by atoms with Crippen molar-refractivity contribution in [3.63, 3.8) is 0 Å². The van der Waals surface area contributed by atoms with E-state index in [4.69, 9.17) is 15.7 Å². The monoisotopic (exact) mass is 293 g/mol. The number of benzene rings is 1. The quantitative estimate of drug-likeness (QED) is 0.759. The zero-order valence-electron chi connectivity index (χ0n) is 12.8. The number of methoxy groups -OCH3 is 1. The third-order valence-electron chi connectivity index (χ3n) is 3.59. The van der Waals surface area contributed by atoms with Crippen LogP contribution in [0.15, 0.2) is 24.3 Å². The lowest BCUT2D eigenvalue weighted by Crippen LogP contribution is -2.43. The van der Waals surface area contributed by atoms with Crippen molar-refractivity contribution in [1.82, 2.24) is 4.90 Å². The van der Waals surface area contributed by atoms with Crippen LogP contribution in [0.4, 0.5) is 4.39 Å². The van der Waals surface area contributed by atoms with Crippen molar-refractivity contribution < 1.29 is 9.13 Å². The summed E-state index contributed by atoms with van der Waals surface area (Å²) in [6.45, 7) is 3.67. The number of nitrogens with two attached hydrogens (primary N) is 1. The fraction of sp³-hybridized carbons (Fsp3) is 0.562. The van der Waals surface area contributed by atoms with Crippen LogP contribution in [0, 0.1) is 17.1 Å². The summed E-state index contributed by atoms with van der Waals surface area (Å²) in [5.41, 5.74) is 6.81. The largest absolute Gasteiger partial charge is 0.383 e. The number of nitrogens with zero attached hydrogens (tertiary/aromatic N) is 2. The van der Waals surface area contributed by atoms with Crippen LogP contribution in [0.25, 0.3) is 0 Å². The molecule has 0 amide bonds. The molecule has 0 aliphatic rings. The average Bonchev–Trinajstić information content (AvgIpc) is 2.51. The van der Waals surface area contributed by atoms with Crippen molar-refractivity contribution in [1.29, 1.82) is 5.26 Å². The number of rotatable bonds is 9. The molecule has 0 aliphatic heterocycles. The fourth-order valence-corrected chi connectivity index (χ4v) is 2.43. The van der Waals surface area contributed by atoms with E-state index in [1.165, 1.54) is 6.07 Å². The Kier molecular flexibility index (Phi) is 7.91. The van der Waals surface area contributed by atoms with Gasteiger partial charge >= 0.3 is 0 Å². The maximum Gasteiger partial charge on any atom is 0.128 e. The van der Waals surface area contributed by atoms with E-state index in [9.17, 15) is 4.39 Å². The molecule has 2 N–H and O–H groups in total. The molecule has 0 spiro atoms. The van der Waals surface area contributed by atoms with Crippen LogP contribution in [0.3, 0.4) is 0 Å². The Morgan fingerprint density at radius 3 is 2.67 bits per heavy atom. The van der Waals surface area contributed by atoms with Crippen LogP contribution in [-0.2, 0) is 4.74 Å². The van der Waals surface area contributed by atoms with Gasteiger partial charge in [-0.25, -0.2) is 4.39 Å². The van der Waals surface area contributed by atoms with Crippen molar-refractivity contribution in [3.05, 3.63) is 35.6 Å². The molecule has 0 aliphatic carbocycles. The average molecular weight is 293 g/mol. The van der Waals surface area contributed by atoms with Crippen LogP contribution in [0.2, 0.25) is 0 Å². The minimum Gasteiger partial charge on any atom is -0.383 e. The lowest BCUT2D eigenvalue weighted by atomic mass is 9.95. The summed E-state index contributed by atoms with van der Waals surface area (Å²) in [4.78, 5) is 2.04. The molecule has 1 aromatic carbocycles. The summed E-state index contributed by atoms with van der Waals surface area (Å²) in [7, 11) is 1.63. The minimum absolute atomic E-state index is 0.197. The van der Waals surface area contributed by atoms with Gasteiger partial charge in [-0.3, -0.25) is 4.90 Å². The van der Waals surface area contributed by atoms with Gasteiger partial charge in [0.15, 0.2) is 0 Å². The molecular weight excluding hydrogens is 269 g/mol. The molecule has 116 valence electrons. The Bertz CT molecular complexity index is 461. The van der Waals surface area contributed by atoms with Crippen molar-refractivity contribution in [2.24, 2.45) is 5.73 Å². The maximum atomic E-state index is 14.2. The second-order valence-electron chi connectivity index (χ2n) is 4.98. The van der Waals surface area contributed by atoms with E-state index in [1.54, 1.807) is 19.2 Å². The summed E-state index contributed by atoms with van der Waals surface area (Å²) in [5, 5.41) is 8.83. The smallest absolute Gasteiger partial charge is 0.128 e. The minimum atomic E-state index is -0.259. The topological polar surface area (TPSA) is 62.3 Å². The first-order valence-electron chi connectivity index (χ1n) is 7.25. The normalized spacial score (nSPS) is 13.9. The van der Waals surface area contributed by atoms with Crippen LogP contribution in [0.1, 0.15) is 31.4 Å². The highest BCUT2D eigenvalue weighted by molar-refractivity contribution is 5.23. The van der Waals surface area contributed by atoms with E-state index >= 15 is 0 Å². The van der Waals surface area contributed by atoms with Crippen molar-refractivity contribution in [3.8, 4) is 6.07 Å². The molecule has 0 aromatic heterocycles. The SMILES string of the molecule is CCC(N)C(c1ccccc1F)N(CCC#N)CCOC. The van der Waals surface area contributed by atoms with Crippen molar-refractivity contribution >= 4 is 0 Å². The highest BCUT2D eigenvalue weighted by atomic mass is 19.1. The van der Waals surface area contributed by atoms with Crippen LogP contribution >= 0.6 is 0 Å². The molecule has 2 unspecified atom stereocenters. The standard InChI is InChI=1S/C16H24FN3O/c1-3-15(19)16(13-7-4-5-8-14(13)17)20(10-6-9-18)11-12-21-2/h4-5,7-8,15-16H,3,6,10-12,19H2,1-2H3. The van der Waals surface area contributed by atoms with Crippen LogP contribution < -0.4 is 5.73 Å². The van der Waals surface area contributed by atoms with Gasteiger partial charge in [0.25, 0.3) is 0 Å². The molecular formula is C16H24FN3O. The Morgan fingerprint density at radius 2 is 2.10 bits per heavy atom. The van der Waals surface area contributed by atoms with Gasteiger partial charge in [0.05, 0.1) is 18.7 Å². The highest BCUT2D eigenvalue weighted by Crippen LogP contribution is 2.27. The van der Waals surface area contributed by atoms with Crippen molar-refractivity contribution in [2.75, 3.05) is 26.8 Å². The van der Waals surface area contributed by atoms with Crippen LogP contribution in [0.5, 0.6) is 0 Å². The zero-order chi connectivity index (χ0) is 15.7. The van der Waals surface area contributed by atoms with Crippen molar-refractivity contribution in [2.45, 2.75) is 31.8 Å². The third kappa shape index (κ3) is 5.09. The molecule has 4 nitrogen and oxygen atoms in total. The summed E-state index contributed by atoms with van der Waals surface area (Å²) in [6.07, 6.45) is 1.11.